The van der Waals surface area contributed by atoms with Crippen molar-refractivity contribution in [1.29, 1.82) is 0 Å². The molecule has 0 aromatic heterocycles. The number of nitrogens with zero attached hydrogens (tertiary/aromatic N) is 1. The number of benzene rings is 1. The highest BCUT2D eigenvalue weighted by Gasteiger charge is 2.20. The Morgan fingerprint density at radius 3 is 2.76 bits per heavy atom. The Labute approximate surface area is 103 Å². The summed E-state index contributed by atoms with van der Waals surface area (Å²) in [6, 6.07) is 10.3. The highest BCUT2D eigenvalue weighted by molar-refractivity contribution is 5.92. The average molecular weight is 229 g/mol. The summed E-state index contributed by atoms with van der Waals surface area (Å²) in [5, 5.41) is 0. The van der Waals surface area contributed by atoms with Crippen LogP contribution >= 0.6 is 0 Å². The molecule has 1 atom stereocenters. The van der Waals surface area contributed by atoms with Gasteiger partial charge in [0.05, 0.1) is 0 Å². The number of carbonyl (C=O) groups excluding carboxylic acids is 1. The molecule has 1 aliphatic rings. The van der Waals surface area contributed by atoms with Crippen molar-refractivity contribution < 1.29 is 4.79 Å². The van der Waals surface area contributed by atoms with Gasteiger partial charge in [-0.2, -0.15) is 0 Å². The lowest BCUT2D eigenvalue weighted by molar-refractivity contribution is -0.129. The van der Waals surface area contributed by atoms with Crippen LogP contribution in [0, 0.1) is 0 Å². The minimum absolute atomic E-state index is 0.140. The lowest BCUT2D eigenvalue weighted by Crippen LogP contribution is -2.41. The van der Waals surface area contributed by atoms with Crippen molar-refractivity contribution in [3.63, 3.8) is 0 Å². The first-order valence-corrected chi connectivity index (χ1v) is 6.31. The first kappa shape index (κ1) is 11.9. The summed E-state index contributed by atoms with van der Waals surface area (Å²) in [4.78, 5) is 14.0. The van der Waals surface area contributed by atoms with Crippen LogP contribution in [0.1, 0.15) is 31.7 Å². The maximum Gasteiger partial charge on any atom is 0.246 e. The number of carbonyl (C=O) groups is 1. The second-order valence-electron chi connectivity index (χ2n) is 4.62. The summed E-state index contributed by atoms with van der Waals surface area (Å²) >= 11 is 0. The zero-order valence-corrected chi connectivity index (χ0v) is 10.3. The van der Waals surface area contributed by atoms with Crippen LogP contribution in [0.25, 0.3) is 6.08 Å². The van der Waals surface area contributed by atoms with Crippen LogP contribution in [0.4, 0.5) is 0 Å². The third-order valence-electron chi connectivity index (χ3n) is 3.30. The lowest BCUT2D eigenvalue weighted by atomic mass is 10.0. The van der Waals surface area contributed by atoms with Crippen molar-refractivity contribution in [3.8, 4) is 0 Å². The van der Waals surface area contributed by atoms with Crippen molar-refractivity contribution in [1.82, 2.24) is 4.90 Å². The molecular weight excluding hydrogens is 210 g/mol. The van der Waals surface area contributed by atoms with Crippen molar-refractivity contribution >= 4 is 12.0 Å². The molecular formula is C15H19NO. The monoisotopic (exact) mass is 229 g/mol. The lowest BCUT2D eigenvalue weighted by Gasteiger charge is -2.32. The number of rotatable bonds is 2. The van der Waals surface area contributed by atoms with Crippen molar-refractivity contribution in [2.75, 3.05) is 6.54 Å². The number of piperidine rings is 1. The van der Waals surface area contributed by atoms with Gasteiger partial charge in [0, 0.05) is 18.7 Å². The first-order valence-electron chi connectivity index (χ1n) is 6.31. The first-order chi connectivity index (χ1) is 8.27. The van der Waals surface area contributed by atoms with Gasteiger partial charge >= 0.3 is 0 Å². The Balaban J connectivity index is 1.99. The normalized spacial score (nSPS) is 20.8. The van der Waals surface area contributed by atoms with E-state index < -0.39 is 0 Å². The molecule has 1 fully saturated rings. The fourth-order valence-corrected chi connectivity index (χ4v) is 2.25. The minimum Gasteiger partial charge on any atom is -0.336 e. The molecule has 2 heteroatoms. The van der Waals surface area contributed by atoms with E-state index in [0.717, 1.165) is 24.9 Å². The largest absolute Gasteiger partial charge is 0.336 e. The van der Waals surface area contributed by atoms with E-state index in [4.69, 9.17) is 0 Å². The van der Waals surface area contributed by atoms with E-state index in [9.17, 15) is 4.79 Å². The number of hydrogen-bond acceptors (Lipinski definition) is 1. The number of likely N-dealkylation sites (tertiary alicyclic amines) is 1. The maximum atomic E-state index is 12.0. The van der Waals surface area contributed by atoms with Gasteiger partial charge < -0.3 is 4.90 Å². The standard InChI is InChI=1S/C15H19NO/c1-13-7-5-6-12-16(13)15(17)11-10-14-8-3-2-4-9-14/h2-4,8-11,13H,5-7,12H2,1H3/b11-10+/t13-/m1/s1. The zero-order valence-electron chi connectivity index (χ0n) is 10.3. The Morgan fingerprint density at radius 2 is 2.06 bits per heavy atom. The third kappa shape index (κ3) is 3.19. The molecule has 1 aromatic rings. The fourth-order valence-electron chi connectivity index (χ4n) is 2.25. The highest BCUT2D eigenvalue weighted by atomic mass is 16.2. The van der Waals surface area contributed by atoms with Gasteiger partial charge in [0.25, 0.3) is 0 Å². The van der Waals surface area contributed by atoms with Gasteiger partial charge in [-0.15, -0.1) is 0 Å². The van der Waals surface area contributed by atoms with E-state index >= 15 is 0 Å². The van der Waals surface area contributed by atoms with E-state index in [1.54, 1.807) is 6.08 Å². The predicted molar refractivity (Wildman–Crippen MR) is 70.5 cm³/mol. The molecule has 1 amide bonds. The van der Waals surface area contributed by atoms with E-state index in [-0.39, 0.29) is 5.91 Å². The van der Waals surface area contributed by atoms with Crippen molar-refractivity contribution in [3.05, 3.63) is 42.0 Å². The molecule has 0 unspecified atom stereocenters. The molecule has 2 rings (SSSR count). The summed E-state index contributed by atoms with van der Waals surface area (Å²) in [6.45, 7) is 3.03. The molecule has 2 nitrogen and oxygen atoms in total. The smallest absolute Gasteiger partial charge is 0.246 e. The van der Waals surface area contributed by atoms with E-state index in [0.29, 0.717) is 6.04 Å². The van der Waals surface area contributed by atoms with Crippen LogP contribution in [-0.2, 0) is 4.79 Å². The molecule has 0 radical (unpaired) electrons. The average Bonchev–Trinajstić information content (AvgIpc) is 2.38. The minimum atomic E-state index is 0.140. The summed E-state index contributed by atoms with van der Waals surface area (Å²) in [7, 11) is 0. The Bertz CT molecular complexity index is 397. The second kappa shape index (κ2) is 5.67. The van der Waals surface area contributed by atoms with Gasteiger partial charge in [-0.3, -0.25) is 4.79 Å². The zero-order chi connectivity index (χ0) is 12.1. The Hall–Kier alpha value is -1.57. The molecule has 1 saturated heterocycles. The van der Waals surface area contributed by atoms with Crippen LogP contribution < -0.4 is 0 Å². The molecule has 1 heterocycles. The summed E-state index contributed by atoms with van der Waals surface area (Å²) in [6.07, 6.45) is 7.09. The van der Waals surface area contributed by atoms with Crippen LogP contribution in [-0.4, -0.2) is 23.4 Å². The van der Waals surface area contributed by atoms with Crippen LogP contribution in [0.5, 0.6) is 0 Å². The molecule has 0 aliphatic carbocycles. The maximum absolute atomic E-state index is 12.0. The third-order valence-corrected chi connectivity index (χ3v) is 3.30. The summed E-state index contributed by atoms with van der Waals surface area (Å²) in [5.41, 5.74) is 1.07. The van der Waals surface area contributed by atoms with Crippen LogP contribution in [0.3, 0.4) is 0 Å². The fraction of sp³-hybridized carbons (Fsp3) is 0.400. The SMILES string of the molecule is C[C@@H]1CCCCN1C(=O)/C=C/c1ccccc1. The molecule has 0 bridgehead atoms. The summed E-state index contributed by atoms with van der Waals surface area (Å²) in [5.74, 6) is 0.140. The quantitative estimate of drug-likeness (QED) is 0.714. The Kier molecular flexibility index (Phi) is 3.97. The van der Waals surface area contributed by atoms with Crippen molar-refractivity contribution in [2.45, 2.75) is 32.2 Å². The molecule has 0 saturated carbocycles. The number of hydrogen-bond donors (Lipinski definition) is 0. The van der Waals surface area contributed by atoms with Crippen molar-refractivity contribution in [2.24, 2.45) is 0 Å². The molecule has 0 N–H and O–H groups in total. The Morgan fingerprint density at radius 1 is 1.29 bits per heavy atom. The molecule has 0 spiro atoms. The van der Waals surface area contributed by atoms with Gasteiger partial charge in [0.2, 0.25) is 5.91 Å². The van der Waals surface area contributed by atoms with Gasteiger partial charge in [-0.05, 0) is 37.8 Å². The highest BCUT2D eigenvalue weighted by Crippen LogP contribution is 2.16. The van der Waals surface area contributed by atoms with Gasteiger partial charge in [0.15, 0.2) is 0 Å². The topological polar surface area (TPSA) is 20.3 Å². The van der Waals surface area contributed by atoms with E-state index in [2.05, 4.69) is 6.92 Å². The van der Waals surface area contributed by atoms with Gasteiger partial charge in [-0.25, -0.2) is 0 Å². The molecule has 90 valence electrons. The molecule has 1 aromatic carbocycles. The van der Waals surface area contributed by atoms with Gasteiger partial charge in [0.1, 0.15) is 0 Å². The molecule has 17 heavy (non-hydrogen) atoms. The number of amides is 1. The van der Waals surface area contributed by atoms with E-state index in [1.165, 1.54) is 6.42 Å². The summed E-state index contributed by atoms with van der Waals surface area (Å²) < 4.78 is 0. The van der Waals surface area contributed by atoms with Gasteiger partial charge in [-0.1, -0.05) is 30.3 Å². The molecule has 1 aliphatic heterocycles. The second-order valence-corrected chi connectivity index (χ2v) is 4.62. The van der Waals surface area contributed by atoms with Crippen LogP contribution in [0.15, 0.2) is 36.4 Å². The van der Waals surface area contributed by atoms with Crippen LogP contribution in [0.2, 0.25) is 0 Å². The predicted octanol–water partition coefficient (Wildman–Crippen LogP) is 3.10. The van der Waals surface area contributed by atoms with E-state index in [1.807, 2.05) is 41.3 Å².